The van der Waals surface area contributed by atoms with E-state index >= 15 is 0 Å². The number of amidine groups is 1. The zero-order valence-electron chi connectivity index (χ0n) is 11.7. The van der Waals surface area contributed by atoms with Gasteiger partial charge in [0.2, 0.25) is 0 Å². The van der Waals surface area contributed by atoms with Crippen LogP contribution in [0.3, 0.4) is 0 Å². The van der Waals surface area contributed by atoms with E-state index in [1.165, 1.54) is 24.3 Å². The fourth-order valence-corrected chi connectivity index (χ4v) is 3.23. The predicted octanol–water partition coefficient (Wildman–Crippen LogP) is 0.940. The Kier molecular flexibility index (Phi) is 5.33. The van der Waals surface area contributed by atoms with Crippen molar-refractivity contribution in [1.29, 1.82) is 5.41 Å². The van der Waals surface area contributed by atoms with Crippen LogP contribution < -0.4 is 5.73 Å². The molecule has 116 valence electrons. The van der Waals surface area contributed by atoms with Crippen LogP contribution in [-0.2, 0) is 19.3 Å². The van der Waals surface area contributed by atoms with E-state index in [2.05, 4.69) is 0 Å². The van der Waals surface area contributed by atoms with Gasteiger partial charge < -0.3 is 15.2 Å². The summed E-state index contributed by atoms with van der Waals surface area (Å²) in [5, 5.41) is 7.28. The lowest BCUT2D eigenvalue weighted by molar-refractivity contribution is -0.0266. The number of sulfone groups is 1. The van der Waals surface area contributed by atoms with Crippen LogP contribution >= 0.6 is 0 Å². The molecule has 0 aliphatic carbocycles. The molecule has 2 rings (SSSR count). The fraction of sp³-hybridized carbons (Fsp3) is 0.500. The lowest BCUT2D eigenvalue weighted by Gasteiger charge is -2.22. The van der Waals surface area contributed by atoms with Gasteiger partial charge in [0.15, 0.2) is 9.84 Å². The minimum atomic E-state index is -3.37. The summed E-state index contributed by atoms with van der Waals surface area (Å²) in [6.07, 6.45) is 1.72. The van der Waals surface area contributed by atoms with E-state index in [1.54, 1.807) is 0 Å². The van der Waals surface area contributed by atoms with Crippen molar-refractivity contribution in [2.24, 2.45) is 5.73 Å². The van der Waals surface area contributed by atoms with Gasteiger partial charge in [0, 0.05) is 18.8 Å². The molecule has 7 heteroatoms. The normalized spacial score (nSPS) is 16.8. The van der Waals surface area contributed by atoms with Crippen LogP contribution in [0.5, 0.6) is 0 Å². The second-order valence-corrected chi connectivity index (χ2v) is 7.05. The first kappa shape index (κ1) is 15.9. The van der Waals surface area contributed by atoms with Gasteiger partial charge in [-0.3, -0.25) is 5.41 Å². The molecule has 1 aliphatic heterocycles. The lowest BCUT2D eigenvalue weighted by atomic mass is 10.2. The van der Waals surface area contributed by atoms with Gasteiger partial charge in [0.1, 0.15) is 5.84 Å². The van der Waals surface area contributed by atoms with Gasteiger partial charge in [0.25, 0.3) is 0 Å². The van der Waals surface area contributed by atoms with Crippen LogP contribution in [0.4, 0.5) is 0 Å². The van der Waals surface area contributed by atoms with Crippen LogP contribution in [0.1, 0.15) is 18.4 Å². The van der Waals surface area contributed by atoms with Crippen molar-refractivity contribution in [2.75, 3.05) is 25.6 Å². The van der Waals surface area contributed by atoms with E-state index in [0.29, 0.717) is 18.8 Å². The van der Waals surface area contributed by atoms with E-state index in [0.717, 1.165) is 12.8 Å². The number of hydrogen-bond acceptors (Lipinski definition) is 5. The highest BCUT2D eigenvalue weighted by Crippen LogP contribution is 2.14. The number of nitrogen functional groups attached to an aromatic ring is 1. The van der Waals surface area contributed by atoms with Crippen LogP contribution in [0.2, 0.25) is 0 Å². The molecule has 1 saturated heterocycles. The van der Waals surface area contributed by atoms with E-state index < -0.39 is 9.84 Å². The molecule has 0 amide bonds. The molecule has 0 aromatic heterocycles. The Morgan fingerprint density at radius 2 is 1.90 bits per heavy atom. The first-order valence-corrected chi connectivity index (χ1v) is 8.51. The molecule has 0 saturated carbocycles. The number of nitrogens with one attached hydrogen (secondary N) is 1. The SMILES string of the molecule is N=C(N)c1ccc(S(=O)(=O)CCOC2CCOCC2)cc1. The molecule has 0 unspecified atom stereocenters. The Morgan fingerprint density at radius 3 is 2.48 bits per heavy atom. The second kappa shape index (κ2) is 7.02. The average molecular weight is 312 g/mol. The second-order valence-electron chi connectivity index (χ2n) is 4.94. The summed E-state index contributed by atoms with van der Waals surface area (Å²) in [5.41, 5.74) is 5.85. The fourth-order valence-electron chi connectivity index (χ4n) is 2.13. The summed E-state index contributed by atoms with van der Waals surface area (Å²) in [6, 6.07) is 6.02. The minimum absolute atomic E-state index is 0.0518. The number of benzene rings is 1. The molecule has 1 aromatic rings. The highest BCUT2D eigenvalue weighted by Gasteiger charge is 2.18. The van der Waals surface area contributed by atoms with Gasteiger partial charge in [0.05, 0.1) is 23.4 Å². The van der Waals surface area contributed by atoms with Crippen molar-refractivity contribution < 1.29 is 17.9 Å². The van der Waals surface area contributed by atoms with Crippen molar-refractivity contribution >= 4 is 15.7 Å². The molecule has 0 bridgehead atoms. The van der Waals surface area contributed by atoms with E-state index in [4.69, 9.17) is 20.6 Å². The summed E-state index contributed by atoms with van der Waals surface area (Å²) in [6.45, 7) is 1.52. The Hall–Kier alpha value is -1.44. The van der Waals surface area contributed by atoms with Gasteiger partial charge in [-0.2, -0.15) is 0 Å². The zero-order chi connectivity index (χ0) is 15.3. The van der Waals surface area contributed by atoms with Gasteiger partial charge in [-0.25, -0.2) is 8.42 Å². The van der Waals surface area contributed by atoms with Crippen molar-refractivity contribution in [3.8, 4) is 0 Å². The number of ether oxygens (including phenoxy) is 2. The minimum Gasteiger partial charge on any atom is -0.384 e. The maximum Gasteiger partial charge on any atom is 0.180 e. The molecule has 1 aromatic carbocycles. The van der Waals surface area contributed by atoms with Crippen molar-refractivity contribution in [3.63, 3.8) is 0 Å². The number of nitrogens with two attached hydrogens (primary N) is 1. The molecular formula is C14H20N2O4S. The summed E-state index contributed by atoms with van der Waals surface area (Å²) < 4.78 is 35.1. The van der Waals surface area contributed by atoms with Gasteiger partial charge in [-0.1, -0.05) is 12.1 Å². The smallest absolute Gasteiger partial charge is 0.180 e. The first-order valence-electron chi connectivity index (χ1n) is 6.85. The van der Waals surface area contributed by atoms with E-state index in [1.807, 2.05) is 0 Å². The highest BCUT2D eigenvalue weighted by molar-refractivity contribution is 7.91. The van der Waals surface area contributed by atoms with E-state index in [9.17, 15) is 8.42 Å². The molecule has 1 heterocycles. The Morgan fingerprint density at radius 1 is 1.29 bits per heavy atom. The number of hydrogen-bond donors (Lipinski definition) is 2. The molecule has 1 aliphatic rings. The molecular weight excluding hydrogens is 292 g/mol. The Labute approximate surface area is 124 Å². The Balaban J connectivity index is 1.90. The highest BCUT2D eigenvalue weighted by atomic mass is 32.2. The maximum atomic E-state index is 12.2. The maximum absolute atomic E-state index is 12.2. The summed E-state index contributed by atoms with van der Waals surface area (Å²) in [7, 11) is -3.37. The molecule has 21 heavy (non-hydrogen) atoms. The van der Waals surface area contributed by atoms with Crippen LogP contribution in [-0.4, -0.2) is 45.9 Å². The van der Waals surface area contributed by atoms with Crippen molar-refractivity contribution in [3.05, 3.63) is 29.8 Å². The number of rotatable bonds is 6. The topological polar surface area (TPSA) is 102 Å². The van der Waals surface area contributed by atoms with Crippen molar-refractivity contribution in [2.45, 2.75) is 23.8 Å². The lowest BCUT2D eigenvalue weighted by Crippen LogP contribution is -2.25. The van der Waals surface area contributed by atoms with Crippen LogP contribution in [0.15, 0.2) is 29.2 Å². The summed E-state index contributed by atoms with van der Waals surface area (Å²) in [4.78, 5) is 0.225. The van der Waals surface area contributed by atoms with E-state index in [-0.39, 0.29) is 29.2 Å². The third-order valence-corrected chi connectivity index (χ3v) is 5.09. The summed E-state index contributed by atoms with van der Waals surface area (Å²) in [5.74, 6) is -0.133. The standard InChI is InChI=1S/C14H20N2O4S/c15-14(16)11-1-3-13(4-2-11)21(17,18)10-9-20-12-5-7-19-8-6-12/h1-4,12H,5-10H2,(H3,15,16). The third kappa shape index (κ3) is 4.52. The van der Waals surface area contributed by atoms with Crippen LogP contribution in [0.25, 0.3) is 0 Å². The van der Waals surface area contributed by atoms with Gasteiger partial charge in [-0.05, 0) is 25.0 Å². The molecule has 0 atom stereocenters. The third-order valence-electron chi connectivity index (χ3n) is 3.40. The average Bonchev–Trinajstić information content (AvgIpc) is 2.48. The zero-order valence-corrected chi connectivity index (χ0v) is 12.6. The molecule has 3 N–H and O–H groups in total. The molecule has 6 nitrogen and oxygen atoms in total. The molecule has 0 radical (unpaired) electrons. The first-order chi connectivity index (χ1) is 9.99. The predicted molar refractivity (Wildman–Crippen MR) is 79.3 cm³/mol. The largest absolute Gasteiger partial charge is 0.384 e. The summed E-state index contributed by atoms with van der Waals surface area (Å²) >= 11 is 0. The monoisotopic (exact) mass is 312 g/mol. The Bertz CT molecular complexity index is 577. The van der Waals surface area contributed by atoms with Gasteiger partial charge in [-0.15, -0.1) is 0 Å². The van der Waals surface area contributed by atoms with Crippen molar-refractivity contribution in [1.82, 2.24) is 0 Å². The molecule has 1 fully saturated rings. The van der Waals surface area contributed by atoms with Gasteiger partial charge >= 0.3 is 0 Å². The van der Waals surface area contributed by atoms with Crippen LogP contribution in [0, 0.1) is 5.41 Å². The molecule has 0 spiro atoms. The quantitative estimate of drug-likeness (QED) is 0.601.